The third kappa shape index (κ3) is 4.16. The lowest BCUT2D eigenvalue weighted by atomic mass is 10.1. The summed E-state index contributed by atoms with van der Waals surface area (Å²) in [5.74, 6) is 1.76. The lowest BCUT2D eigenvalue weighted by Gasteiger charge is -2.15. The van der Waals surface area contributed by atoms with Crippen molar-refractivity contribution in [3.63, 3.8) is 0 Å². The fourth-order valence-electron chi connectivity index (χ4n) is 7.67. The molecule has 0 saturated carbocycles. The highest BCUT2D eigenvalue weighted by molar-refractivity contribution is 7.26. The van der Waals surface area contributed by atoms with E-state index in [4.69, 9.17) is 19.9 Å². The number of aromatic nitrogens is 6. The van der Waals surface area contributed by atoms with E-state index in [1.165, 1.54) is 20.2 Å². The second kappa shape index (κ2) is 10.9. The van der Waals surface area contributed by atoms with Crippen LogP contribution in [0.5, 0.6) is 0 Å². The van der Waals surface area contributed by atoms with Crippen LogP contribution in [-0.2, 0) is 0 Å². The summed E-state index contributed by atoms with van der Waals surface area (Å²) in [6, 6.07) is 52.8. The Kier molecular flexibility index (Phi) is 6.02. The van der Waals surface area contributed by atoms with Crippen molar-refractivity contribution < 1.29 is 0 Å². The van der Waals surface area contributed by atoms with Gasteiger partial charge in [0, 0.05) is 59.0 Å². The summed E-state index contributed by atoms with van der Waals surface area (Å²) in [6.07, 6.45) is 1.88. The lowest BCUT2D eigenvalue weighted by Crippen LogP contribution is -2.08. The molecule has 0 N–H and O–H groups in total. The number of thiophene rings is 1. The van der Waals surface area contributed by atoms with Gasteiger partial charge in [0.15, 0.2) is 11.6 Å². The van der Waals surface area contributed by atoms with Gasteiger partial charge in [0.05, 0.1) is 22.2 Å². The van der Waals surface area contributed by atoms with Crippen LogP contribution in [0, 0.1) is 0 Å². The van der Waals surface area contributed by atoms with Crippen molar-refractivity contribution in [1.29, 1.82) is 0 Å². The van der Waals surface area contributed by atoms with E-state index in [1.807, 2.05) is 41.8 Å². The molecule has 0 radical (unpaired) electrons. The monoisotopic (exact) mass is 670 g/mol. The maximum absolute atomic E-state index is 5.31. The maximum atomic E-state index is 5.31. The Morgan fingerprint density at radius 1 is 0.451 bits per heavy atom. The number of nitrogens with zero attached hydrogens (tertiary/aromatic N) is 6. The maximum Gasteiger partial charge on any atom is 0.238 e. The summed E-state index contributed by atoms with van der Waals surface area (Å²) in [6.45, 7) is 0. The van der Waals surface area contributed by atoms with Gasteiger partial charge in [-0.2, -0.15) is 9.97 Å². The Morgan fingerprint density at radius 3 is 1.94 bits per heavy atom. The summed E-state index contributed by atoms with van der Waals surface area (Å²) in [5.41, 5.74) is 6.87. The molecule has 0 saturated heterocycles. The summed E-state index contributed by atoms with van der Waals surface area (Å²) in [7, 11) is 0. The summed E-state index contributed by atoms with van der Waals surface area (Å²) < 4.78 is 6.98. The first-order valence-electron chi connectivity index (χ1n) is 16.9. The molecule has 0 aliphatic heterocycles. The SMILES string of the molecule is c1ccc(-c2nc(-c3ccccc3-n3c4ncccc4c4ccc5sc6ccccc6c5c43)nc(-n3c4ccccc4c4ccccc43)n2)cc1. The van der Waals surface area contributed by atoms with Crippen molar-refractivity contribution in [2.24, 2.45) is 0 Å². The molecule has 51 heavy (non-hydrogen) atoms. The Morgan fingerprint density at radius 2 is 1.12 bits per heavy atom. The molecule has 7 heteroatoms. The topological polar surface area (TPSA) is 61.4 Å². The smallest absolute Gasteiger partial charge is 0.238 e. The molecule has 0 fully saturated rings. The molecule has 5 aromatic heterocycles. The van der Waals surface area contributed by atoms with Crippen LogP contribution < -0.4 is 0 Å². The molecule has 0 aliphatic rings. The summed E-state index contributed by atoms with van der Waals surface area (Å²) in [5, 5.41) is 7.04. The van der Waals surface area contributed by atoms with Crippen LogP contribution in [0.15, 0.2) is 158 Å². The first-order valence-corrected chi connectivity index (χ1v) is 17.7. The first-order chi connectivity index (χ1) is 25.3. The van der Waals surface area contributed by atoms with Gasteiger partial charge >= 0.3 is 0 Å². The van der Waals surface area contributed by atoms with Gasteiger partial charge in [0.2, 0.25) is 5.95 Å². The Balaban J connectivity index is 1.25. The van der Waals surface area contributed by atoms with Crippen LogP contribution in [0.1, 0.15) is 0 Å². The Bertz CT molecular complexity index is 3100. The highest BCUT2D eigenvalue weighted by Gasteiger charge is 2.23. The number of pyridine rings is 1. The molecule has 11 aromatic rings. The molecule has 0 amide bonds. The molecule has 0 spiro atoms. The number of benzene rings is 6. The minimum absolute atomic E-state index is 0.567. The zero-order chi connectivity index (χ0) is 33.5. The highest BCUT2D eigenvalue weighted by atomic mass is 32.1. The number of hydrogen-bond acceptors (Lipinski definition) is 5. The van der Waals surface area contributed by atoms with Crippen molar-refractivity contribution in [3.05, 3.63) is 158 Å². The predicted molar refractivity (Wildman–Crippen MR) is 210 cm³/mol. The van der Waals surface area contributed by atoms with Crippen LogP contribution in [0.25, 0.3) is 98.3 Å². The van der Waals surface area contributed by atoms with Gasteiger partial charge in [-0.25, -0.2) is 9.97 Å². The summed E-state index contributed by atoms with van der Waals surface area (Å²) in [4.78, 5) is 20.7. The lowest BCUT2D eigenvalue weighted by molar-refractivity contribution is 0.951. The van der Waals surface area contributed by atoms with Gasteiger partial charge in [-0.05, 0) is 48.5 Å². The average molecular weight is 671 g/mol. The standard InChI is InChI=1S/C44H26N6S/c1-2-13-27(14-3-1)41-46-42(48-44(47-41)49-34-20-8-4-15-28(34)29-16-5-9-21-35(29)49)32-17-6-10-22-36(32)50-40-30(31-19-12-26-45-43(31)50)24-25-38-39(40)33-18-7-11-23-37(33)51-38/h1-26H. The minimum atomic E-state index is 0.567. The van der Waals surface area contributed by atoms with Gasteiger partial charge < -0.3 is 0 Å². The molecule has 0 atom stereocenters. The van der Waals surface area contributed by atoms with E-state index in [-0.39, 0.29) is 0 Å². The molecule has 6 nitrogen and oxygen atoms in total. The average Bonchev–Trinajstić information content (AvgIpc) is 3.86. The highest BCUT2D eigenvalue weighted by Crippen LogP contribution is 2.43. The van der Waals surface area contributed by atoms with Crippen molar-refractivity contribution in [2.45, 2.75) is 0 Å². The Hall–Kier alpha value is -6.70. The molecular formula is C44H26N6S. The van der Waals surface area contributed by atoms with Crippen LogP contribution >= 0.6 is 11.3 Å². The fourth-order valence-corrected chi connectivity index (χ4v) is 8.78. The van der Waals surface area contributed by atoms with Gasteiger partial charge in [-0.15, -0.1) is 11.3 Å². The van der Waals surface area contributed by atoms with Crippen molar-refractivity contribution in [3.8, 4) is 34.4 Å². The number of para-hydroxylation sites is 3. The van der Waals surface area contributed by atoms with Crippen LogP contribution in [-0.4, -0.2) is 29.1 Å². The zero-order valence-electron chi connectivity index (χ0n) is 27.1. The first kappa shape index (κ1) is 28.2. The third-order valence-electron chi connectivity index (χ3n) is 9.85. The molecule has 0 bridgehead atoms. The largest absolute Gasteiger partial charge is 0.292 e. The second-order valence-corrected chi connectivity index (χ2v) is 13.8. The fraction of sp³-hybridized carbons (Fsp3) is 0. The van der Waals surface area contributed by atoms with E-state index < -0.39 is 0 Å². The van der Waals surface area contributed by atoms with Crippen LogP contribution in [0.3, 0.4) is 0 Å². The van der Waals surface area contributed by atoms with E-state index in [1.54, 1.807) is 0 Å². The van der Waals surface area contributed by atoms with Crippen LogP contribution in [0.4, 0.5) is 0 Å². The molecule has 0 unspecified atom stereocenters. The number of rotatable bonds is 4. The summed E-state index contributed by atoms with van der Waals surface area (Å²) >= 11 is 1.82. The van der Waals surface area contributed by atoms with Gasteiger partial charge in [0.25, 0.3) is 0 Å². The molecule has 0 aliphatic carbocycles. The Labute approximate surface area is 295 Å². The van der Waals surface area contributed by atoms with Crippen molar-refractivity contribution in [2.75, 3.05) is 0 Å². The van der Waals surface area contributed by atoms with E-state index in [0.29, 0.717) is 17.6 Å². The minimum Gasteiger partial charge on any atom is -0.292 e. The zero-order valence-corrected chi connectivity index (χ0v) is 27.9. The molecular weight excluding hydrogens is 645 g/mol. The van der Waals surface area contributed by atoms with E-state index in [2.05, 4.69) is 137 Å². The van der Waals surface area contributed by atoms with Crippen LogP contribution in [0.2, 0.25) is 0 Å². The predicted octanol–water partition coefficient (Wildman–Crippen LogP) is 11.2. The van der Waals surface area contributed by atoms with E-state index in [9.17, 15) is 0 Å². The quantitative estimate of drug-likeness (QED) is 0.187. The molecule has 5 heterocycles. The second-order valence-electron chi connectivity index (χ2n) is 12.7. The molecule has 238 valence electrons. The van der Waals surface area contributed by atoms with Gasteiger partial charge in [-0.3, -0.25) is 9.13 Å². The van der Waals surface area contributed by atoms with Gasteiger partial charge in [0.1, 0.15) is 5.65 Å². The van der Waals surface area contributed by atoms with Crippen molar-refractivity contribution in [1.82, 2.24) is 29.1 Å². The molecule has 6 aromatic carbocycles. The van der Waals surface area contributed by atoms with Gasteiger partial charge in [-0.1, -0.05) is 103 Å². The van der Waals surface area contributed by atoms with Crippen molar-refractivity contribution >= 4 is 75.3 Å². The number of hydrogen-bond donors (Lipinski definition) is 0. The number of fused-ring (bicyclic) bond motifs is 10. The van der Waals surface area contributed by atoms with E-state index in [0.717, 1.165) is 60.6 Å². The van der Waals surface area contributed by atoms with E-state index >= 15 is 0 Å². The normalized spacial score (nSPS) is 11.9. The molecule has 11 rings (SSSR count). The third-order valence-corrected chi connectivity index (χ3v) is 11.0.